The molecule has 0 aliphatic carbocycles. The Balaban J connectivity index is 1.45. The van der Waals surface area contributed by atoms with Gasteiger partial charge in [0.05, 0.1) is 40.7 Å². The standard InChI is InChI=1S/C24H23F3N6O3/c1-23(2,3)18-9-17(30(4)29-18)20(34)31-11-14-8-16(31)19-21(35)33(22(36)32(14)19)13-6-5-12(10-28)15(7-13)24(25,26)27/h5-7,9,14,16,19H,8,11H2,1-4H3/t14-,16?,19?/m1/s1. The fourth-order valence-electron chi connectivity index (χ4n) is 5.31. The number of aromatic nitrogens is 2. The molecule has 2 aromatic rings. The SMILES string of the molecule is Cn1nc(C(C)(C)C)cc1C(=O)N1C[C@H]2CC1C1C(=O)N(c3ccc(C#N)c(C(F)(F)F)c3)C(=O)N12. The summed E-state index contributed by atoms with van der Waals surface area (Å²) in [7, 11) is 1.66. The van der Waals surface area contributed by atoms with Gasteiger partial charge < -0.3 is 9.80 Å². The van der Waals surface area contributed by atoms with Crippen LogP contribution in [0.5, 0.6) is 0 Å². The molecule has 1 aromatic carbocycles. The second-order valence-corrected chi connectivity index (χ2v) is 10.4. The molecule has 2 bridgehead atoms. The average Bonchev–Trinajstić information content (AvgIpc) is 3.54. The lowest BCUT2D eigenvalue weighted by Crippen LogP contribution is -2.55. The zero-order chi connectivity index (χ0) is 26.3. The van der Waals surface area contributed by atoms with Gasteiger partial charge >= 0.3 is 12.2 Å². The van der Waals surface area contributed by atoms with E-state index in [-0.39, 0.29) is 23.6 Å². The van der Waals surface area contributed by atoms with Crippen molar-refractivity contribution in [3.8, 4) is 6.07 Å². The van der Waals surface area contributed by atoms with E-state index in [1.165, 1.54) is 15.7 Å². The number of aryl methyl sites for hydroxylation is 1. The predicted octanol–water partition coefficient (Wildman–Crippen LogP) is 3.04. The molecule has 4 amide bonds. The Hall–Kier alpha value is -3.88. The van der Waals surface area contributed by atoms with Gasteiger partial charge in [-0.1, -0.05) is 20.8 Å². The molecule has 3 fully saturated rings. The summed E-state index contributed by atoms with van der Waals surface area (Å²) in [5, 5.41) is 13.5. The molecule has 2 unspecified atom stereocenters. The fraction of sp³-hybridized carbons (Fsp3) is 0.458. The lowest BCUT2D eigenvalue weighted by atomic mass is 9.92. The Kier molecular flexibility index (Phi) is 5.01. The van der Waals surface area contributed by atoms with Gasteiger partial charge in [0, 0.05) is 19.0 Å². The summed E-state index contributed by atoms with van der Waals surface area (Å²) in [6.07, 6.45) is -4.42. The number of rotatable bonds is 2. The molecule has 3 saturated heterocycles. The Morgan fingerprint density at radius 1 is 1.17 bits per heavy atom. The summed E-state index contributed by atoms with van der Waals surface area (Å²) < 4.78 is 41.9. The van der Waals surface area contributed by atoms with Crippen LogP contribution in [0.3, 0.4) is 0 Å². The number of hydrogen-bond acceptors (Lipinski definition) is 5. The van der Waals surface area contributed by atoms with Gasteiger partial charge in [-0.25, -0.2) is 9.69 Å². The van der Waals surface area contributed by atoms with E-state index in [2.05, 4.69) is 5.10 Å². The largest absolute Gasteiger partial charge is 0.417 e. The minimum Gasteiger partial charge on any atom is -0.330 e. The van der Waals surface area contributed by atoms with Crippen LogP contribution in [0.2, 0.25) is 0 Å². The number of urea groups is 1. The Morgan fingerprint density at radius 2 is 1.86 bits per heavy atom. The number of carbonyl (C=O) groups excluding carboxylic acids is 3. The lowest BCUT2D eigenvalue weighted by Gasteiger charge is -2.34. The number of alkyl halides is 3. The number of likely N-dealkylation sites (tertiary alicyclic amines) is 1. The minimum atomic E-state index is -4.83. The molecule has 0 N–H and O–H groups in total. The van der Waals surface area contributed by atoms with Crippen LogP contribution < -0.4 is 4.90 Å². The first-order valence-electron chi connectivity index (χ1n) is 11.4. The van der Waals surface area contributed by atoms with Crippen LogP contribution in [-0.2, 0) is 23.4 Å². The summed E-state index contributed by atoms with van der Waals surface area (Å²) in [6, 6.07) is 3.21. The topological polar surface area (TPSA) is 103 Å². The van der Waals surface area contributed by atoms with Gasteiger partial charge in [0.1, 0.15) is 11.7 Å². The molecule has 1 aromatic heterocycles. The second kappa shape index (κ2) is 7.56. The van der Waals surface area contributed by atoms with Crippen molar-refractivity contribution in [3.05, 3.63) is 46.8 Å². The zero-order valence-electron chi connectivity index (χ0n) is 20.0. The van der Waals surface area contributed by atoms with Crippen molar-refractivity contribution in [2.75, 3.05) is 11.4 Å². The molecule has 9 nitrogen and oxygen atoms in total. The van der Waals surface area contributed by atoms with Crippen molar-refractivity contribution in [3.63, 3.8) is 0 Å². The summed E-state index contributed by atoms with van der Waals surface area (Å²) in [6.45, 7) is 6.14. The number of carbonyl (C=O) groups is 3. The lowest BCUT2D eigenvalue weighted by molar-refractivity contribution is -0.137. The van der Waals surface area contributed by atoms with Crippen molar-refractivity contribution in [2.45, 2.75) is 56.9 Å². The number of imide groups is 1. The Morgan fingerprint density at radius 3 is 2.44 bits per heavy atom. The molecule has 0 spiro atoms. The number of benzene rings is 1. The van der Waals surface area contributed by atoms with E-state index in [0.29, 0.717) is 18.2 Å². The third-order valence-corrected chi connectivity index (χ3v) is 7.08. The Labute approximate surface area is 204 Å². The number of halogens is 3. The van der Waals surface area contributed by atoms with Gasteiger partial charge in [-0.15, -0.1) is 0 Å². The highest BCUT2D eigenvalue weighted by Crippen LogP contribution is 2.44. The van der Waals surface area contributed by atoms with Gasteiger partial charge in [0.2, 0.25) is 0 Å². The molecule has 5 rings (SSSR count). The molecule has 188 valence electrons. The smallest absolute Gasteiger partial charge is 0.330 e. The highest BCUT2D eigenvalue weighted by Gasteiger charge is 2.63. The minimum absolute atomic E-state index is 0.212. The normalized spacial score (nSPS) is 23.5. The summed E-state index contributed by atoms with van der Waals surface area (Å²) >= 11 is 0. The van der Waals surface area contributed by atoms with E-state index in [4.69, 9.17) is 5.26 Å². The monoisotopic (exact) mass is 500 g/mol. The zero-order valence-corrected chi connectivity index (χ0v) is 20.0. The van der Waals surface area contributed by atoms with Crippen molar-refractivity contribution in [2.24, 2.45) is 7.05 Å². The number of piperazine rings is 1. The van der Waals surface area contributed by atoms with E-state index >= 15 is 0 Å². The molecule has 36 heavy (non-hydrogen) atoms. The van der Waals surface area contributed by atoms with Crippen LogP contribution in [0.1, 0.15) is 54.5 Å². The number of fused-ring (bicyclic) bond motifs is 5. The molecular formula is C24H23F3N6O3. The number of nitriles is 1. The van der Waals surface area contributed by atoms with Gasteiger partial charge in [0.15, 0.2) is 0 Å². The van der Waals surface area contributed by atoms with E-state index in [1.807, 2.05) is 20.8 Å². The van der Waals surface area contributed by atoms with Crippen LogP contribution >= 0.6 is 0 Å². The van der Waals surface area contributed by atoms with Crippen molar-refractivity contribution in [1.82, 2.24) is 19.6 Å². The first-order chi connectivity index (χ1) is 16.7. The number of hydrogen-bond donors (Lipinski definition) is 0. The fourth-order valence-corrected chi connectivity index (χ4v) is 5.31. The highest BCUT2D eigenvalue weighted by molar-refractivity contribution is 6.22. The molecule has 3 atom stereocenters. The summed E-state index contributed by atoms with van der Waals surface area (Å²) in [5.41, 5.74) is -1.27. The predicted molar refractivity (Wildman–Crippen MR) is 120 cm³/mol. The van der Waals surface area contributed by atoms with Crippen molar-refractivity contribution < 1.29 is 27.6 Å². The average molecular weight is 500 g/mol. The van der Waals surface area contributed by atoms with E-state index < -0.39 is 47.4 Å². The van der Waals surface area contributed by atoms with E-state index in [0.717, 1.165) is 22.7 Å². The van der Waals surface area contributed by atoms with Crippen LogP contribution in [0.25, 0.3) is 0 Å². The quantitative estimate of drug-likeness (QED) is 0.590. The maximum atomic E-state index is 13.5. The first-order valence-corrected chi connectivity index (χ1v) is 11.4. The van der Waals surface area contributed by atoms with Crippen LogP contribution in [0, 0.1) is 11.3 Å². The summed E-state index contributed by atoms with van der Waals surface area (Å²) in [4.78, 5) is 43.6. The maximum absolute atomic E-state index is 13.5. The van der Waals surface area contributed by atoms with E-state index in [9.17, 15) is 27.6 Å². The van der Waals surface area contributed by atoms with Gasteiger partial charge in [-0.2, -0.15) is 23.5 Å². The molecule has 0 saturated carbocycles. The molecular weight excluding hydrogens is 477 g/mol. The van der Waals surface area contributed by atoms with Crippen molar-refractivity contribution in [1.29, 1.82) is 5.26 Å². The van der Waals surface area contributed by atoms with Gasteiger partial charge in [0.25, 0.3) is 11.8 Å². The van der Waals surface area contributed by atoms with Crippen LogP contribution in [0.15, 0.2) is 24.3 Å². The Bertz CT molecular complexity index is 1350. The van der Waals surface area contributed by atoms with Crippen LogP contribution in [0.4, 0.5) is 23.7 Å². The maximum Gasteiger partial charge on any atom is 0.417 e. The summed E-state index contributed by atoms with van der Waals surface area (Å²) in [5.74, 6) is -1.01. The molecule has 3 aliphatic heterocycles. The van der Waals surface area contributed by atoms with E-state index in [1.54, 1.807) is 18.0 Å². The molecule has 4 heterocycles. The third-order valence-electron chi connectivity index (χ3n) is 7.08. The second-order valence-electron chi connectivity index (χ2n) is 10.4. The molecule has 0 radical (unpaired) electrons. The number of anilines is 1. The number of amides is 4. The van der Waals surface area contributed by atoms with Crippen molar-refractivity contribution >= 4 is 23.5 Å². The van der Waals surface area contributed by atoms with Crippen LogP contribution in [-0.4, -0.2) is 62.1 Å². The first kappa shape index (κ1) is 23.8. The number of nitrogens with zero attached hydrogens (tertiary/aromatic N) is 6. The third kappa shape index (κ3) is 3.37. The van der Waals surface area contributed by atoms with Gasteiger partial charge in [-0.3, -0.25) is 14.3 Å². The highest BCUT2D eigenvalue weighted by atomic mass is 19.4. The van der Waals surface area contributed by atoms with Gasteiger partial charge in [-0.05, 0) is 30.7 Å². The molecule has 12 heteroatoms. The molecule has 3 aliphatic rings.